The van der Waals surface area contributed by atoms with Crippen molar-refractivity contribution in [3.8, 4) is 0 Å². The van der Waals surface area contributed by atoms with Crippen LogP contribution in [-0.2, 0) is 12.8 Å². The molecule has 0 amide bonds. The lowest BCUT2D eigenvalue weighted by molar-refractivity contribution is 1.12. The third-order valence-corrected chi connectivity index (χ3v) is 3.08. The van der Waals surface area contributed by atoms with E-state index in [1.54, 1.807) is 0 Å². The maximum Gasteiger partial charge on any atom is 0.0337 e. The standard InChI is InChI=1S/C16H19N/c1-3-13-4-6-14(7-5-13)12-15-8-10-16(17-2)11-9-15/h4-11,17H,3,12H2,1-2H3. The second-order valence-electron chi connectivity index (χ2n) is 4.29. The third-order valence-electron chi connectivity index (χ3n) is 3.08. The molecule has 0 saturated heterocycles. The Kier molecular flexibility index (Phi) is 3.81. The molecule has 0 aliphatic heterocycles. The number of rotatable bonds is 4. The van der Waals surface area contributed by atoms with Gasteiger partial charge >= 0.3 is 0 Å². The number of hydrogen-bond donors (Lipinski definition) is 1. The van der Waals surface area contributed by atoms with Gasteiger partial charge in [0.15, 0.2) is 0 Å². The summed E-state index contributed by atoms with van der Waals surface area (Å²) < 4.78 is 0. The maximum absolute atomic E-state index is 3.13. The molecule has 2 rings (SSSR count). The molecular formula is C16H19N. The number of hydrogen-bond acceptors (Lipinski definition) is 1. The molecule has 0 heterocycles. The van der Waals surface area contributed by atoms with Gasteiger partial charge in [0.05, 0.1) is 0 Å². The summed E-state index contributed by atoms with van der Waals surface area (Å²) in [7, 11) is 1.94. The van der Waals surface area contributed by atoms with E-state index >= 15 is 0 Å². The molecule has 2 aromatic rings. The van der Waals surface area contributed by atoms with Crippen LogP contribution < -0.4 is 5.32 Å². The Morgan fingerprint density at radius 1 is 0.765 bits per heavy atom. The van der Waals surface area contributed by atoms with Crippen LogP contribution in [0.3, 0.4) is 0 Å². The zero-order valence-corrected chi connectivity index (χ0v) is 10.5. The molecule has 0 radical (unpaired) electrons. The van der Waals surface area contributed by atoms with Crippen molar-refractivity contribution in [1.29, 1.82) is 0 Å². The van der Waals surface area contributed by atoms with Crippen molar-refractivity contribution in [3.05, 3.63) is 65.2 Å². The van der Waals surface area contributed by atoms with Crippen molar-refractivity contribution in [2.45, 2.75) is 19.8 Å². The summed E-state index contributed by atoms with van der Waals surface area (Å²) in [6.45, 7) is 2.19. The lowest BCUT2D eigenvalue weighted by Crippen LogP contribution is -1.91. The van der Waals surface area contributed by atoms with Gasteiger partial charge < -0.3 is 5.32 Å². The van der Waals surface area contributed by atoms with E-state index in [1.165, 1.54) is 16.7 Å². The van der Waals surface area contributed by atoms with Gasteiger partial charge in [0.2, 0.25) is 0 Å². The molecule has 0 aliphatic carbocycles. The van der Waals surface area contributed by atoms with Crippen molar-refractivity contribution in [2.24, 2.45) is 0 Å². The fourth-order valence-corrected chi connectivity index (χ4v) is 1.92. The number of anilines is 1. The van der Waals surface area contributed by atoms with Crippen molar-refractivity contribution in [2.75, 3.05) is 12.4 Å². The van der Waals surface area contributed by atoms with Crippen molar-refractivity contribution in [3.63, 3.8) is 0 Å². The molecule has 0 aliphatic rings. The van der Waals surface area contributed by atoms with Gasteiger partial charge in [0, 0.05) is 12.7 Å². The Bertz CT molecular complexity index is 408. The first-order chi connectivity index (χ1) is 8.31. The van der Waals surface area contributed by atoms with Crippen LogP contribution in [0.5, 0.6) is 0 Å². The van der Waals surface area contributed by atoms with E-state index < -0.39 is 0 Å². The molecule has 0 atom stereocenters. The monoisotopic (exact) mass is 225 g/mol. The Morgan fingerprint density at radius 2 is 1.24 bits per heavy atom. The quantitative estimate of drug-likeness (QED) is 0.832. The normalized spacial score (nSPS) is 10.2. The van der Waals surface area contributed by atoms with Crippen molar-refractivity contribution < 1.29 is 0 Å². The van der Waals surface area contributed by atoms with Gasteiger partial charge in [-0.25, -0.2) is 0 Å². The molecule has 1 heteroatoms. The van der Waals surface area contributed by atoms with Crippen LogP contribution >= 0.6 is 0 Å². The molecule has 1 N–H and O–H groups in total. The van der Waals surface area contributed by atoms with E-state index in [0.29, 0.717) is 0 Å². The summed E-state index contributed by atoms with van der Waals surface area (Å²) in [5.74, 6) is 0. The molecule has 88 valence electrons. The number of aryl methyl sites for hydroxylation is 1. The van der Waals surface area contributed by atoms with Gasteiger partial charge in [-0.05, 0) is 41.7 Å². The smallest absolute Gasteiger partial charge is 0.0337 e. The van der Waals surface area contributed by atoms with E-state index in [2.05, 4.69) is 60.8 Å². The average Bonchev–Trinajstić information content (AvgIpc) is 2.40. The molecule has 17 heavy (non-hydrogen) atoms. The summed E-state index contributed by atoms with van der Waals surface area (Å²) in [6.07, 6.45) is 2.12. The molecule has 0 aromatic heterocycles. The Hall–Kier alpha value is -1.76. The summed E-state index contributed by atoms with van der Waals surface area (Å²) in [5.41, 5.74) is 5.29. The van der Waals surface area contributed by atoms with E-state index in [4.69, 9.17) is 0 Å². The first kappa shape index (κ1) is 11.7. The fourth-order valence-electron chi connectivity index (χ4n) is 1.92. The predicted molar refractivity (Wildman–Crippen MR) is 74.6 cm³/mol. The van der Waals surface area contributed by atoms with Crippen LogP contribution in [0.1, 0.15) is 23.6 Å². The Morgan fingerprint density at radius 3 is 1.71 bits per heavy atom. The van der Waals surface area contributed by atoms with E-state index in [9.17, 15) is 0 Å². The van der Waals surface area contributed by atoms with Crippen LogP contribution in [0, 0.1) is 0 Å². The van der Waals surface area contributed by atoms with Gasteiger partial charge in [-0.3, -0.25) is 0 Å². The van der Waals surface area contributed by atoms with E-state index in [-0.39, 0.29) is 0 Å². The molecule has 0 unspecified atom stereocenters. The summed E-state index contributed by atoms with van der Waals surface area (Å²) in [5, 5.41) is 3.13. The highest BCUT2D eigenvalue weighted by molar-refractivity contribution is 5.44. The predicted octanol–water partition coefficient (Wildman–Crippen LogP) is 3.88. The second kappa shape index (κ2) is 5.53. The van der Waals surface area contributed by atoms with Crippen LogP contribution in [0.25, 0.3) is 0 Å². The maximum atomic E-state index is 3.13. The highest BCUT2D eigenvalue weighted by atomic mass is 14.8. The first-order valence-corrected chi connectivity index (χ1v) is 6.16. The Labute approximate surface area is 103 Å². The van der Waals surface area contributed by atoms with Gasteiger partial charge in [0.25, 0.3) is 0 Å². The highest BCUT2D eigenvalue weighted by Gasteiger charge is 1.97. The topological polar surface area (TPSA) is 12.0 Å². The van der Waals surface area contributed by atoms with Gasteiger partial charge in [0.1, 0.15) is 0 Å². The minimum Gasteiger partial charge on any atom is -0.388 e. The number of benzene rings is 2. The zero-order chi connectivity index (χ0) is 12.1. The summed E-state index contributed by atoms with van der Waals surface area (Å²) in [6, 6.07) is 17.5. The van der Waals surface area contributed by atoms with E-state index in [1.807, 2.05) is 7.05 Å². The second-order valence-corrected chi connectivity index (χ2v) is 4.29. The van der Waals surface area contributed by atoms with Crippen LogP contribution in [0.2, 0.25) is 0 Å². The Balaban J connectivity index is 2.08. The summed E-state index contributed by atoms with van der Waals surface area (Å²) >= 11 is 0. The molecule has 0 bridgehead atoms. The lowest BCUT2D eigenvalue weighted by Gasteiger charge is -2.05. The third kappa shape index (κ3) is 3.10. The van der Waals surface area contributed by atoms with Crippen molar-refractivity contribution in [1.82, 2.24) is 0 Å². The molecule has 0 saturated carbocycles. The van der Waals surface area contributed by atoms with Crippen LogP contribution in [0.15, 0.2) is 48.5 Å². The average molecular weight is 225 g/mol. The molecule has 0 spiro atoms. The largest absolute Gasteiger partial charge is 0.388 e. The summed E-state index contributed by atoms with van der Waals surface area (Å²) in [4.78, 5) is 0. The minimum absolute atomic E-state index is 1.01. The molecule has 0 fully saturated rings. The van der Waals surface area contributed by atoms with Crippen LogP contribution in [0.4, 0.5) is 5.69 Å². The fraction of sp³-hybridized carbons (Fsp3) is 0.250. The first-order valence-electron chi connectivity index (χ1n) is 6.16. The zero-order valence-electron chi connectivity index (χ0n) is 10.5. The lowest BCUT2D eigenvalue weighted by atomic mass is 10.0. The molecule has 1 nitrogen and oxygen atoms in total. The highest BCUT2D eigenvalue weighted by Crippen LogP contribution is 2.14. The molecular weight excluding hydrogens is 206 g/mol. The number of nitrogens with one attached hydrogen (secondary N) is 1. The van der Waals surface area contributed by atoms with Gasteiger partial charge in [-0.1, -0.05) is 43.3 Å². The minimum atomic E-state index is 1.01. The van der Waals surface area contributed by atoms with Crippen molar-refractivity contribution >= 4 is 5.69 Å². The van der Waals surface area contributed by atoms with Gasteiger partial charge in [-0.15, -0.1) is 0 Å². The molecule has 2 aromatic carbocycles. The van der Waals surface area contributed by atoms with E-state index in [0.717, 1.165) is 18.5 Å². The SMILES string of the molecule is CCc1ccc(Cc2ccc(NC)cc2)cc1. The van der Waals surface area contributed by atoms with Gasteiger partial charge in [-0.2, -0.15) is 0 Å². The van der Waals surface area contributed by atoms with Crippen LogP contribution in [-0.4, -0.2) is 7.05 Å².